The van der Waals surface area contributed by atoms with Crippen LogP contribution in [0.25, 0.3) is 6.08 Å². The average Bonchev–Trinajstić information content (AvgIpc) is 2.73. The summed E-state index contributed by atoms with van der Waals surface area (Å²) >= 11 is 0. The fourth-order valence-corrected chi connectivity index (χ4v) is 4.22. The molecule has 1 aliphatic heterocycles. The van der Waals surface area contributed by atoms with E-state index in [0.29, 0.717) is 31.9 Å². The molecule has 2 aromatic carbocycles. The first kappa shape index (κ1) is 20.2. The maximum absolute atomic E-state index is 13.8. The summed E-state index contributed by atoms with van der Waals surface area (Å²) in [6.45, 7) is 1.44. The molecule has 1 amide bonds. The van der Waals surface area contributed by atoms with E-state index in [1.807, 2.05) is 0 Å². The monoisotopic (exact) mass is 404 g/mol. The van der Waals surface area contributed by atoms with Crippen LogP contribution in [0.5, 0.6) is 0 Å². The van der Waals surface area contributed by atoms with Crippen molar-refractivity contribution in [3.05, 3.63) is 66.0 Å². The van der Waals surface area contributed by atoms with Crippen LogP contribution >= 0.6 is 0 Å². The number of amides is 1. The fraction of sp³-hybridized carbons (Fsp3) is 0.250. The van der Waals surface area contributed by atoms with Crippen LogP contribution in [0.3, 0.4) is 0 Å². The molecule has 28 heavy (non-hydrogen) atoms. The van der Waals surface area contributed by atoms with Crippen molar-refractivity contribution >= 4 is 27.7 Å². The van der Waals surface area contributed by atoms with Gasteiger partial charge in [0.1, 0.15) is 5.82 Å². The number of sulfonamides is 1. The van der Waals surface area contributed by atoms with Gasteiger partial charge in [-0.1, -0.05) is 24.3 Å². The molecule has 148 valence electrons. The Balaban J connectivity index is 1.70. The predicted molar refractivity (Wildman–Crippen MR) is 105 cm³/mol. The Morgan fingerprint density at radius 1 is 1.11 bits per heavy atom. The van der Waals surface area contributed by atoms with Crippen LogP contribution in [0.1, 0.15) is 5.56 Å². The van der Waals surface area contributed by atoms with Crippen molar-refractivity contribution in [2.75, 3.05) is 38.3 Å². The van der Waals surface area contributed by atoms with Gasteiger partial charge in [0.25, 0.3) is 5.91 Å². The number of carbonyl (C=O) groups excluding carboxylic acids is 1. The highest BCUT2D eigenvalue weighted by Crippen LogP contribution is 2.19. The number of carbonyl (C=O) groups is 1. The molecule has 0 aromatic heterocycles. The Morgan fingerprint density at radius 3 is 2.39 bits per heavy atom. The highest BCUT2D eigenvalue weighted by atomic mass is 32.2. The maximum atomic E-state index is 13.8. The number of hydrogen-bond donors (Lipinski definition) is 0. The summed E-state index contributed by atoms with van der Waals surface area (Å²) in [5.74, 6) is -0.875. The topological polar surface area (TPSA) is 66.9 Å². The van der Waals surface area contributed by atoms with E-state index >= 15 is 0 Å². The summed E-state index contributed by atoms with van der Waals surface area (Å²) in [5, 5.41) is 0. The van der Waals surface area contributed by atoms with E-state index in [-0.39, 0.29) is 10.6 Å². The molecule has 0 atom stereocenters. The van der Waals surface area contributed by atoms with Crippen LogP contribution in [0.4, 0.5) is 10.1 Å². The molecule has 1 fully saturated rings. The summed E-state index contributed by atoms with van der Waals surface area (Å²) in [6.07, 6.45) is 2.88. The van der Waals surface area contributed by atoms with Crippen molar-refractivity contribution in [1.29, 1.82) is 0 Å². The molecule has 1 heterocycles. The lowest BCUT2D eigenvalue weighted by atomic mass is 10.2. The molecule has 0 unspecified atom stereocenters. The molecule has 6 nitrogen and oxygen atoms in total. The van der Waals surface area contributed by atoms with E-state index in [9.17, 15) is 17.6 Å². The third kappa shape index (κ3) is 4.46. The molecule has 0 N–H and O–H groups in total. The lowest BCUT2D eigenvalue weighted by Crippen LogP contribution is -2.40. The molecule has 1 saturated heterocycles. The summed E-state index contributed by atoms with van der Waals surface area (Å²) in [6, 6.07) is 12.3. The second-order valence-electron chi connectivity index (χ2n) is 6.27. The zero-order chi connectivity index (χ0) is 20.1. The first-order chi connectivity index (χ1) is 13.4. The van der Waals surface area contributed by atoms with Crippen LogP contribution in [0, 0.1) is 5.82 Å². The normalized spacial score (nSPS) is 15.6. The standard InChI is InChI=1S/C20H21FN2O4S/c1-22(19-5-3-2-4-18(19)21)20(24)11-8-16-6-9-17(10-7-16)28(25,26)23-12-14-27-15-13-23/h2-11H,12-15H2,1H3. The minimum atomic E-state index is -3.55. The van der Waals surface area contributed by atoms with E-state index < -0.39 is 21.7 Å². The van der Waals surface area contributed by atoms with Gasteiger partial charge in [-0.15, -0.1) is 0 Å². The minimum Gasteiger partial charge on any atom is -0.379 e. The number of morpholine rings is 1. The maximum Gasteiger partial charge on any atom is 0.250 e. The van der Waals surface area contributed by atoms with Crippen molar-refractivity contribution < 1.29 is 22.3 Å². The van der Waals surface area contributed by atoms with Crippen molar-refractivity contribution in [3.8, 4) is 0 Å². The molecule has 0 radical (unpaired) electrons. The number of anilines is 1. The molecule has 1 aliphatic rings. The molecule has 8 heteroatoms. The van der Waals surface area contributed by atoms with E-state index in [1.165, 1.54) is 46.6 Å². The first-order valence-corrected chi connectivity index (χ1v) is 10.2. The van der Waals surface area contributed by atoms with E-state index in [1.54, 1.807) is 30.3 Å². The fourth-order valence-electron chi connectivity index (χ4n) is 2.81. The van der Waals surface area contributed by atoms with Gasteiger partial charge in [-0.05, 0) is 35.9 Å². The largest absolute Gasteiger partial charge is 0.379 e. The van der Waals surface area contributed by atoms with Gasteiger partial charge >= 0.3 is 0 Å². The highest BCUT2D eigenvalue weighted by molar-refractivity contribution is 7.89. The predicted octanol–water partition coefficient (Wildman–Crippen LogP) is 2.52. The van der Waals surface area contributed by atoms with E-state index in [0.717, 1.165) is 0 Å². The van der Waals surface area contributed by atoms with Crippen molar-refractivity contribution in [2.45, 2.75) is 4.90 Å². The van der Waals surface area contributed by atoms with Crippen LogP contribution < -0.4 is 4.90 Å². The number of nitrogens with zero attached hydrogens (tertiary/aromatic N) is 2. The Hall–Kier alpha value is -2.55. The smallest absolute Gasteiger partial charge is 0.250 e. The minimum absolute atomic E-state index is 0.184. The number of para-hydroxylation sites is 1. The molecule has 0 bridgehead atoms. The van der Waals surface area contributed by atoms with E-state index in [4.69, 9.17) is 4.74 Å². The molecule has 0 saturated carbocycles. The van der Waals surface area contributed by atoms with Gasteiger partial charge in [-0.3, -0.25) is 4.79 Å². The molecule has 2 aromatic rings. The van der Waals surface area contributed by atoms with Gasteiger partial charge < -0.3 is 9.64 Å². The SMILES string of the molecule is CN(C(=O)C=Cc1ccc(S(=O)(=O)N2CCOCC2)cc1)c1ccccc1F. The lowest BCUT2D eigenvalue weighted by Gasteiger charge is -2.26. The lowest BCUT2D eigenvalue weighted by molar-refractivity contribution is -0.113. The Morgan fingerprint density at radius 2 is 1.75 bits per heavy atom. The molecule has 0 spiro atoms. The number of ether oxygens (including phenoxy) is 1. The van der Waals surface area contributed by atoms with Crippen molar-refractivity contribution in [2.24, 2.45) is 0 Å². The third-order valence-corrected chi connectivity index (χ3v) is 6.36. The summed E-state index contributed by atoms with van der Waals surface area (Å²) < 4.78 is 45.6. The second kappa shape index (κ2) is 8.64. The van der Waals surface area contributed by atoms with E-state index in [2.05, 4.69) is 0 Å². The summed E-state index contributed by atoms with van der Waals surface area (Å²) in [4.78, 5) is 13.7. The number of rotatable bonds is 5. The van der Waals surface area contributed by atoms with Crippen LogP contribution in [-0.2, 0) is 19.6 Å². The number of hydrogen-bond acceptors (Lipinski definition) is 4. The number of benzene rings is 2. The van der Waals surface area contributed by atoms with Crippen molar-refractivity contribution in [3.63, 3.8) is 0 Å². The van der Waals surface area contributed by atoms with Gasteiger partial charge in [0.05, 0.1) is 23.8 Å². The Bertz CT molecular complexity index is 968. The van der Waals surface area contributed by atoms with Gasteiger partial charge in [0, 0.05) is 26.2 Å². The number of likely N-dealkylation sites (N-methyl/N-ethyl adjacent to an activating group) is 1. The van der Waals surface area contributed by atoms with Crippen LogP contribution in [0.15, 0.2) is 59.5 Å². The number of halogens is 1. The summed E-state index contributed by atoms with van der Waals surface area (Å²) in [7, 11) is -2.06. The second-order valence-corrected chi connectivity index (χ2v) is 8.21. The van der Waals surface area contributed by atoms with Crippen LogP contribution in [-0.4, -0.2) is 52.0 Å². The molecule has 0 aliphatic carbocycles. The molecular weight excluding hydrogens is 383 g/mol. The molecular formula is C20H21FN2O4S. The highest BCUT2D eigenvalue weighted by Gasteiger charge is 2.25. The van der Waals surface area contributed by atoms with Gasteiger partial charge in [0.15, 0.2) is 0 Å². The van der Waals surface area contributed by atoms with Crippen molar-refractivity contribution in [1.82, 2.24) is 4.31 Å². The first-order valence-electron chi connectivity index (χ1n) is 8.78. The average molecular weight is 404 g/mol. The zero-order valence-corrected chi connectivity index (χ0v) is 16.2. The zero-order valence-electron chi connectivity index (χ0n) is 15.4. The third-order valence-electron chi connectivity index (χ3n) is 4.45. The van der Waals surface area contributed by atoms with Gasteiger partial charge in [-0.2, -0.15) is 4.31 Å². The van der Waals surface area contributed by atoms with Crippen LogP contribution in [0.2, 0.25) is 0 Å². The Kier molecular flexibility index (Phi) is 6.23. The Labute approximate surface area is 163 Å². The molecule has 3 rings (SSSR count). The van der Waals surface area contributed by atoms with Gasteiger partial charge in [-0.25, -0.2) is 12.8 Å². The quantitative estimate of drug-likeness (QED) is 0.719. The van der Waals surface area contributed by atoms with Gasteiger partial charge in [0.2, 0.25) is 10.0 Å². The summed E-state index contributed by atoms with van der Waals surface area (Å²) in [5.41, 5.74) is 0.848.